The predicted octanol–water partition coefficient (Wildman–Crippen LogP) is 6.13. The first kappa shape index (κ1) is 23.8. The fourth-order valence-corrected chi connectivity index (χ4v) is 8.72. The molecule has 9 atom stereocenters. The Morgan fingerprint density at radius 3 is 2.55 bits per heavy atom. The molecule has 31 heavy (non-hydrogen) atoms. The van der Waals surface area contributed by atoms with Gasteiger partial charge in [-0.05, 0) is 118 Å². The zero-order chi connectivity index (χ0) is 22.6. The summed E-state index contributed by atoms with van der Waals surface area (Å²) in [5.74, 6) is 3.93. The second kappa shape index (κ2) is 8.44. The van der Waals surface area contributed by atoms with Crippen LogP contribution in [0.1, 0.15) is 98.8 Å². The van der Waals surface area contributed by atoms with E-state index in [4.69, 9.17) is 4.74 Å². The van der Waals surface area contributed by atoms with Crippen LogP contribution in [0.2, 0.25) is 0 Å². The number of aliphatic hydroxyl groups is 2. The summed E-state index contributed by atoms with van der Waals surface area (Å²) in [6.45, 7) is 11.6. The largest absolute Gasteiger partial charge is 0.393 e. The van der Waals surface area contributed by atoms with E-state index in [0.717, 1.165) is 49.4 Å². The van der Waals surface area contributed by atoms with Crippen molar-refractivity contribution in [2.24, 2.45) is 40.4 Å². The number of hydrogen-bond acceptors (Lipinski definition) is 3. The second-order valence-electron chi connectivity index (χ2n) is 12.8. The van der Waals surface area contributed by atoms with E-state index < -0.39 is 11.7 Å². The lowest BCUT2D eigenvalue weighted by Crippen LogP contribution is -2.50. The standard InChI is InChI=1S/C28H48O3/c1-18(7-12-25(30)26(2,3)31-6)22-10-11-23-21-9-8-19-17-20(29)13-15-27(19,4)24(21)14-16-28(22,23)5/h8,18,20-25,29-30H,7,9-17H2,1-6H3/t18-,20?,21+,22-,23+,24+,25?,27+,28-/m1/s1. The summed E-state index contributed by atoms with van der Waals surface area (Å²) in [5.41, 5.74) is 1.91. The van der Waals surface area contributed by atoms with E-state index in [2.05, 4.69) is 26.8 Å². The van der Waals surface area contributed by atoms with Crippen LogP contribution in [0.5, 0.6) is 0 Å². The lowest BCUT2D eigenvalue weighted by atomic mass is 9.47. The summed E-state index contributed by atoms with van der Waals surface area (Å²) in [6.07, 6.45) is 13.8. The minimum Gasteiger partial charge on any atom is -0.393 e. The molecule has 0 aliphatic heterocycles. The van der Waals surface area contributed by atoms with E-state index in [1.165, 1.54) is 38.5 Å². The minimum atomic E-state index is -0.463. The minimum absolute atomic E-state index is 0.111. The van der Waals surface area contributed by atoms with E-state index in [1.807, 2.05) is 13.8 Å². The summed E-state index contributed by atoms with van der Waals surface area (Å²) < 4.78 is 5.51. The average Bonchev–Trinajstić information content (AvgIpc) is 3.09. The van der Waals surface area contributed by atoms with Crippen molar-refractivity contribution in [1.29, 1.82) is 0 Å². The summed E-state index contributed by atoms with van der Waals surface area (Å²) >= 11 is 0. The zero-order valence-electron chi connectivity index (χ0n) is 21.0. The summed E-state index contributed by atoms with van der Waals surface area (Å²) in [7, 11) is 1.70. The van der Waals surface area contributed by atoms with Crippen molar-refractivity contribution in [3.63, 3.8) is 0 Å². The molecule has 0 spiro atoms. The molecule has 3 fully saturated rings. The Kier molecular flexibility index (Phi) is 6.47. The first-order chi connectivity index (χ1) is 14.5. The van der Waals surface area contributed by atoms with Crippen LogP contribution in [0.15, 0.2) is 11.6 Å². The number of fused-ring (bicyclic) bond motifs is 5. The quantitative estimate of drug-likeness (QED) is 0.497. The van der Waals surface area contributed by atoms with Crippen LogP contribution in [0.3, 0.4) is 0 Å². The molecule has 0 aromatic carbocycles. The highest BCUT2D eigenvalue weighted by molar-refractivity contribution is 5.25. The van der Waals surface area contributed by atoms with Gasteiger partial charge in [-0.15, -0.1) is 0 Å². The highest BCUT2D eigenvalue weighted by atomic mass is 16.5. The maximum absolute atomic E-state index is 10.6. The zero-order valence-corrected chi connectivity index (χ0v) is 21.0. The first-order valence-corrected chi connectivity index (χ1v) is 13.1. The van der Waals surface area contributed by atoms with Crippen molar-refractivity contribution >= 4 is 0 Å². The third kappa shape index (κ3) is 3.95. The lowest BCUT2D eigenvalue weighted by Gasteiger charge is -2.58. The maximum Gasteiger partial charge on any atom is 0.0880 e. The molecule has 0 radical (unpaired) electrons. The number of ether oxygens (including phenoxy) is 1. The van der Waals surface area contributed by atoms with Crippen LogP contribution in [-0.2, 0) is 4.74 Å². The Morgan fingerprint density at radius 2 is 1.84 bits per heavy atom. The van der Waals surface area contributed by atoms with Gasteiger partial charge in [0.2, 0.25) is 0 Å². The lowest BCUT2D eigenvalue weighted by molar-refractivity contribution is -0.0850. The molecule has 0 heterocycles. The number of rotatable bonds is 6. The second-order valence-corrected chi connectivity index (χ2v) is 12.8. The van der Waals surface area contributed by atoms with Gasteiger partial charge in [0, 0.05) is 7.11 Å². The van der Waals surface area contributed by atoms with Crippen molar-refractivity contribution in [1.82, 2.24) is 0 Å². The van der Waals surface area contributed by atoms with Crippen LogP contribution in [0.4, 0.5) is 0 Å². The van der Waals surface area contributed by atoms with Gasteiger partial charge in [-0.2, -0.15) is 0 Å². The topological polar surface area (TPSA) is 49.7 Å². The molecule has 0 bridgehead atoms. The summed E-state index contributed by atoms with van der Waals surface area (Å²) in [6, 6.07) is 0. The van der Waals surface area contributed by atoms with Crippen molar-refractivity contribution in [3.05, 3.63) is 11.6 Å². The highest BCUT2D eigenvalue weighted by Gasteiger charge is 2.59. The fraction of sp³-hybridized carbons (Fsp3) is 0.929. The van der Waals surface area contributed by atoms with Crippen LogP contribution in [0, 0.1) is 40.4 Å². The third-order valence-electron chi connectivity index (χ3n) is 11.1. The molecule has 2 N–H and O–H groups in total. The van der Waals surface area contributed by atoms with Gasteiger partial charge in [-0.3, -0.25) is 0 Å². The van der Waals surface area contributed by atoms with Gasteiger partial charge in [0.05, 0.1) is 17.8 Å². The molecule has 3 nitrogen and oxygen atoms in total. The van der Waals surface area contributed by atoms with Gasteiger partial charge >= 0.3 is 0 Å². The average molecular weight is 433 g/mol. The Labute approximate surface area is 191 Å². The Bertz CT molecular complexity index is 684. The van der Waals surface area contributed by atoms with Gasteiger partial charge in [0.15, 0.2) is 0 Å². The highest BCUT2D eigenvalue weighted by Crippen LogP contribution is 2.67. The van der Waals surface area contributed by atoms with E-state index in [0.29, 0.717) is 16.7 Å². The number of aliphatic hydroxyl groups excluding tert-OH is 2. The molecule has 3 saturated carbocycles. The molecular weight excluding hydrogens is 384 g/mol. The summed E-state index contributed by atoms with van der Waals surface area (Å²) in [5, 5.41) is 20.9. The van der Waals surface area contributed by atoms with Crippen molar-refractivity contribution < 1.29 is 14.9 Å². The van der Waals surface area contributed by atoms with Crippen molar-refractivity contribution in [2.75, 3.05) is 7.11 Å². The van der Waals surface area contributed by atoms with Crippen LogP contribution in [0.25, 0.3) is 0 Å². The molecule has 0 aromatic rings. The molecule has 2 unspecified atom stereocenters. The molecule has 0 amide bonds. The van der Waals surface area contributed by atoms with Gasteiger partial charge in [0.25, 0.3) is 0 Å². The third-order valence-corrected chi connectivity index (χ3v) is 11.1. The van der Waals surface area contributed by atoms with E-state index in [9.17, 15) is 10.2 Å². The van der Waals surface area contributed by atoms with Gasteiger partial charge in [-0.25, -0.2) is 0 Å². The van der Waals surface area contributed by atoms with Crippen LogP contribution >= 0.6 is 0 Å². The van der Waals surface area contributed by atoms with Crippen LogP contribution in [-0.4, -0.2) is 35.1 Å². The molecule has 0 saturated heterocycles. The molecular formula is C28H48O3. The molecule has 4 aliphatic rings. The molecule has 4 aliphatic carbocycles. The summed E-state index contributed by atoms with van der Waals surface area (Å²) in [4.78, 5) is 0. The molecule has 0 aromatic heterocycles. The monoisotopic (exact) mass is 432 g/mol. The van der Waals surface area contributed by atoms with Crippen molar-refractivity contribution in [3.8, 4) is 0 Å². The first-order valence-electron chi connectivity index (χ1n) is 13.1. The number of allylic oxidation sites excluding steroid dienone is 1. The molecule has 178 valence electrons. The van der Waals surface area contributed by atoms with E-state index in [1.54, 1.807) is 12.7 Å². The fourth-order valence-electron chi connectivity index (χ4n) is 8.72. The van der Waals surface area contributed by atoms with Gasteiger partial charge in [0.1, 0.15) is 0 Å². The normalized spacial score (nSPS) is 44.6. The van der Waals surface area contributed by atoms with Gasteiger partial charge in [-0.1, -0.05) is 32.4 Å². The Balaban J connectivity index is 1.46. The van der Waals surface area contributed by atoms with E-state index >= 15 is 0 Å². The van der Waals surface area contributed by atoms with E-state index in [-0.39, 0.29) is 6.10 Å². The smallest absolute Gasteiger partial charge is 0.0880 e. The number of hydrogen-bond donors (Lipinski definition) is 2. The van der Waals surface area contributed by atoms with Gasteiger partial charge < -0.3 is 14.9 Å². The molecule has 4 rings (SSSR count). The Hall–Kier alpha value is -0.380. The van der Waals surface area contributed by atoms with Crippen LogP contribution < -0.4 is 0 Å². The predicted molar refractivity (Wildman–Crippen MR) is 127 cm³/mol. The SMILES string of the molecule is COC(C)(C)C(O)CC[C@@H](C)[C@H]1CC[C@H]2[C@@H]3CC=C4CC(O)CC[C@]4(C)[C@H]3CC[C@]12C. The maximum atomic E-state index is 10.6. The van der Waals surface area contributed by atoms with Crippen molar-refractivity contribution in [2.45, 2.75) is 117 Å². The Morgan fingerprint density at radius 1 is 1.10 bits per heavy atom. The number of methoxy groups -OCH3 is 1. The molecule has 3 heteroatoms.